The summed E-state index contributed by atoms with van der Waals surface area (Å²) in [5.74, 6) is -1.22. The van der Waals surface area contributed by atoms with Gasteiger partial charge in [-0.15, -0.1) is 0 Å². The van der Waals surface area contributed by atoms with E-state index in [1.165, 1.54) is 12.1 Å². The van der Waals surface area contributed by atoms with Gasteiger partial charge < -0.3 is 15.2 Å². The highest BCUT2D eigenvalue weighted by atomic mass is 32.2. The zero-order valence-electron chi connectivity index (χ0n) is 11.4. The summed E-state index contributed by atoms with van der Waals surface area (Å²) in [6, 6.07) is 3.75. The maximum Gasteiger partial charge on any atom is 0.337 e. The molecule has 1 aromatic rings. The molecule has 116 valence electrons. The van der Waals surface area contributed by atoms with Crippen molar-refractivity contribution >= 4 is 21.7 Å². The van der Waals surface area contributed by atoms with E-state index in [-0.39, 0.29) is 16.6 Å². The van der Waals surface area contributed by atoms with E-state index < -0.39 is 16.0 Å². The highest BCUT2D eigenvalue weighted by Crippen LogP contribution is 2.21. The zero-order chi connectivity index (χ0) is 15.5. The van der Waals surface area contributed by atoms with E-state index in [0.717, 1.165) is 25.3 Å². The van der Waals surface area contributed by atoms with Gasteiger partial charge in [0.1, 0.15) is 0 Å². The van der Waals surface area contributed by atoms with E-state index in [4.69, 9.17) is 9.88 Å². The van der Waals surface area contributed by atoms with Crippen LogP contribution in [0.1, 0.15) is 29.6 Å². The quantitative estimate of drug-likeness (QED) is 0.746. The van der Waals surface area contributed by atoms with Gasteiger partial charge >= 0.3 is 5.97 Å². The Morgan fingerprint density at radius 2 is 2.19 bits per heavy atom. The molecule has 0 radical (unpaired) electrons. The summed E-state index contributed by atoms with van der Waals surface area (Å²) < 4.78 is 28.1. The first-order valence-corrected chi connectivity index (χ1v) is 8.18. The molecule has 0 bridgehead atoms. The fourth-order valence-corrected chi connectivity index (χ4v) is 2.76. The average Bonchev–Trinajstić information content (AvgIpc) is 2.45. The van der Waals surface area contributed by atoms with Gasteiger partial charge in [0.2, 0.25) is 10.0 Å². The number of aromatic carboxylic acids is 1. The molecule has 0 amide bonds. The van der Waals surface area contributed by atoms with Crippen LogP contribution in [-0.2, 0) is 14.8 Å². The Balaban J connectivity index is 2.16. The molecular weight excluding hydrogens is 296 g/mol. The second-order valence-corrected chi connectivity index (χ2v) is 6.49. The third-order valence-corrected chi connectivity index (χ3v) is 4.26. The number of nitrogens with two attached hydrogens (primary N) is 1. The smallest absolute Gasteiger partial charge is 0.337 e. The van der Waals surface area contributed by atoms with Crippen LogP contribution in [0.3, 0.4) is 0 Å². The first-order valence-electron chi connectivity index (χ1n) is 6.63. The summed E-state index contributed by atoms with van der Waals surface area (Å²) in [5.41, 5.74) is 0.224. The van der Waals surface area contributed by atoms with Crippen LogP contribution in [-0.4, -0.2) is 38.7 Å². The average molecular weight is 314 g/mol. The molecular formula is C13H18N2O5S. The molecule has 21 heavy (non-hydrogen) atoms. The van der Waals surface area contributed by atoms with Crippen LogP contribution >= 0.6 is 0 Å². The highest BCUT2D eigenvalue weighted by Gasteiger charge is 2.18. The number of hydrogen-bond donors (Lipinski definition) is 3. The van der Waals surface area contributed by atoms with Crippen LogP contribution in [0, 0.1) is 0 Å². The van der Waals surface area contributed by atoms with E-state index in [2.05, 4.69) is 5.32 Å². The summed E-state index contributed by atoms with van der Waals surface area (Å²) in [6.07, 6.45) is 3.09. The van der Waals surface area contributed by atoms with Crippen LogP contribution < -0.4 is 10.5 Å². The number of hydrogen-bond acceptors (Lipinski definition) is 5. The van der Waals surface area contributed by atoms with Gasteiger partial charge in [0, 0.05) is 18.8 Å². The normalized spacial score (nSPS) is 19.2. The number of ether oxygens (including phenoxy) is 1. The topological polar surface area (TPSA) is 119 Å². The molecule has 1 unspecified atom stereocenters. The van der Waals surface area contributed by atoms with Crippen molar-refractivity contribution in [2.75, 3.05) is 18.5 Å². The molecule has 0 aromatic heterocycles. The van der Waals surface area contributed by atoms with E-state index >= 15 is 0 Å². The Hall–Kier alpha value is -1.64. The minimum absolute atomic E-state index is 0.0401. The molecule has 1 aromatic carbocycles. The van der Waals surface area contributed by atoms with Crippen LogP contribution in [0.2, 0.25) is 0 Å². The lowest BCUT2D eigenvalue weighted by Gasteiger charge is -2.23. The molecule has 1 aliphatic rings. The van der Waals surface area contributed by atoms with Crippen LogP contribution in [0.5, 0.6) is 0 Å². The molecule has 1 atom stereocenters. The molecule has 0 saturated carbocycles. The number of anilines is 1. The highest BCUT2D eigenvalue weighted by molar-refractivity contribution is 7.89. The van der Waals surface area contributed by atoms with E-state index in [1.54, 1.807) is 0 Å². The summed E-state index contributed by atoms with van der Waals surface area (Å²) >= 11 is 0. The van der Waals surface area contributed by atoms with Crippen LogP contribution in [0.4, 0.5) is 5.69 Å². The number of rotatable bonds is 5. The Bertz CT molecular complexity index is 623. The van der Waals surface area contributed by atoms with Crippen molar-refractivity contribution in [1.82, 2.24) is 0 Å². The summed E-state index contributed by atoms with van der Waals surface area (Å²) in [7, 11) is -3.93. The maximum absolute atomic E-state index is 11.3. The molecule has 1 fully saturated rings. The second kappa shape index (κ2) is 6.42. The minimum Gasteiger partial charge on any atom is -0.478 e. The largest absolute Gasteiger partial charge is 0.478 e. The Morgan fingerprint density at radius 1 is 1.43 bits per heavy atom. The van der Waals surface area contributed by atoms with Crippen molar-refractivity contribution in [3.05, 3.63) is 23.8 Å². The fourth-order valence-electron chi connectivity index (χ4n) is 2.22. The van der Waals surface area contributed by atoms with Crippen molar-refractivity contribution < 1.29 is 23.1 Å². The van der Waals surface area contributed by atoms with Crippen molar-refractivity contribution in [1.29, 1.82) is 0 Å². The molecule has 8 heteroatoms. The lowest BCUT2D eigenvalue weighted by Crippen LogP contribution is -2.27. The van der Waals surface area contributed by atoms with Crippen molar-refractivity contribution in [3.63, 3.8) is 0 Å². The Labute approximate surface area is 123 Å². The Kier molecular flexibility index (Phi) is 4.81. The number of sulfonamides is 1. The van der Waals surface area contributed by atoms with Gasteiger partial charge in [-0.05, 0) is 37.5 Å². The van der Waals surface area contributed by atoms with Crippen molar-refractivity contribution in [2.24, 2.45) is 5.14 Å². The van der Waals surface area contributed by atoms with Gasteiger partial charge in [-0.25, -0.2) is 18.4 Å². The van der Waals surface area contributed by atoms with Gasteiger partial charge in [0.25, 0.3) is 0 Å². The molecule has 2 rings (SSSR count). The summed E-state index contributed by atoms with van der Waals surface area (Å²) in [4.78, 5) is 11.0. The van der Waals surface area contributed by atoms with E-state index in [0.29, 0.717) is 18.8 Å². The maximum atomic E-state index is 11.3. The minimum atomic E-state index is -3.93. The second-order valence-electron chi connectivity index (χ2n) is 4.93. The monoisotopic (exact) mass is 314 g/mol. The number of carboxylic acid groups (broad SMARTS) is 1. The lowest BCUT2D eigenvalue weighted by atomic mass is 10.1. The molecule has 0 aliphatic carbocycles. The SMILES string of the molecule is NS(=O)(=O)c1ccc(NCC2CCCCO2)c(C(=O)O)c1. The molecule has 1 saturated heterocycles. The molecule has 1 heterocycles. The van der Waals surface area contributed by atoms with Crippen molar-refractivity contribution in [2.45, 2.75) is 30.3 Å². The summed E-state index contributed by atoms with van der Waals surface area (Å²) in [6.45, 7) is 1.19. The van der Waals surface area contributed by atoms with Gasteiger partial charge in [-0.1, -0.05) is 0 Å². The van der Waals surface area contributed by atoms with Crippen molar-refractivity contribution in [3.8, 4) is 0 Å². The van der Waals surface area contributed by atoms with Crippen LogP contribution in [0.25, 0.3) is 0 Å². The third-order valence-electron chi connectivity index (χ3n) is 3.34. The first-order chi connectivity index (χ1) is 9.88. The van der Waals surface area contributed by atoms with Gasteiger partial charge in [0.15, 0.2) is 0 Å². The first kappa shape index (κ1) is 15.7. The molecule has 0 spiro atoms. The molecule has 7 nitrogen and oxygen atoms in total. The third kappa shape index (κ3) is 4.16. The number of carboxylic acids is 1. The fraction of sp³-hybridized carbons (Fsp3) is 0.462. The van der Waals surface area contributed by atoms with Crippen LogP contribution in [0.15, 0.2) is 23.1 Å². The Morgan fingerprint density at radius 3 is 2.76 bits per heavy atom. The molecule has 4 N–H and O–H groups in total. The predicted octanol–water partition coefficient (Wildman–Crippen LogP) is 1.01. The molecule has 1 aliphatic heterocycles. The van der Waals surface area contributed by atoms with Gasteiger partial charge in [-0.3, -0.25) is 0 Å². The number of carbonyl (C=O) groups is 1. The van der Waals surface area contributed by atoms with Gasteiger partial charge in [0.05, 0.1) is 16.6 Å². The zero-order valence-corrected chi connectivity index (χ0v) is 12.2. The van der Waals surface area contributed by atoms with E-state index in [1.807, 2.05) is 0 Å². The lowest BCUT2D eigenvalue weighted by molar-refractivity contribution is 0.0247. The number of primary sulfonamides is 1. The van der Waals surface area contributed by atoms with E-state index in [9.17, 15) is 18.3 Å². The standard InChI is InChI=1S/C13H18N2O5S/c14-21(18,19)10-4-5-12(11(7-10)13(16)17)15-8-9-3-1-2-6-20-9/h4-5,7,9,15H,1-3,6,8H2,(H,16,17)(H2,14,18,19). The predicted molar refractivity (Wildman–Crippen MR) is 76.9 cm³/mol. The van der Waals surface area contributed by atoms with Gasteiger partial charge in [-0.2, -0.15) is 0 Å². The summed E-state index contributed by atoms with van der Waals surface area (Å²) in [5, 5.41) is 17.2. The number of benzene rings is 1. The number of nitrogens with one attached hydrogen (secondary N) is 1.